The second kappa shape index (κ2) is 8.80. The molecule has 2 nitrogen and oxygen atoms in total. The van der Waals surface area contributed by atoms with E-state index in [1.54, 1.807) is 6.08 Å². The molecule has 0 unspecified atom stereocenters. The van der Waals surface area contributed by atoms with Gasteiger partial charge in [0, 0.05) is 11.1 Å². The van der Waals surface area contributed by atoms with Crippen LogP contribution in [0, 0.1) is 5.41 Å². The highest BCUT2D eigenvalue weighted by molar-refractivity contribution is 5.83. The second-order valence-corrected chi connectivity index (χ2v) is 4.49. The van der Waals surface area contributed by atoms with Crippen LogP contribution in [-0.2, 0) is 4.79 Å². The van der Waals surface area contributed by atoms with Gasteiger partial charge in [0.25, 0.3) is 0 Å². The Morgan fingerprint density at radius 3 is 2.00 bits per heavy atom. The molecule has 0 aliphatic carbocycles. The molecule has 0 saturated carbocycles. The van der Waals surface area contributed by atoms with E-state index < -0.39 is 0 Å². The smallest absolute Gasteiger partial charge is 0.229 e. The first-order chi connectivity index (χ1) is 7.82. The summed E-state index contributed by atoms with van der Waals surface area (Å²) in [6.07, 6.45) is 5.47. The molecule has 0 aromatic rings. The molecule has 17 heavy (non-hydrogen) atoms. The Kier molecular flexibility index (Phi) is 9.35. The number of nitrogens with one attached hydrogen (secondary N) is 1. The lowest BCUT2D eigenvalue weighted by Crippen LogP contribution is -2.34. The van der Waals surface area contributed by atoms with Crippen molar-refractivity contribution < 1.29 is 4.79 Å². The zero-order valence-corrected chi connectivity index (χ0v) is 12.3. The molecule has 1 N–H and O–H groups in total. The summed E-state index contributed by atoms with van der Waals surface area (Å²) in [6.45, 7) is 17.1. The molecule has 0 aliphatic rings. The molecule has 0 aromatic carbocycles. The molecule has 0 heterocycles. The molecule has 0 bridgehead atoms. The molecule has 1 amide bonds. The van der Waals surface area contributed by atoms with Gasteiger partial charge in [0.15, 0.2) is 0 Å². The van der Waals surface area contributed by atoms with Crippen molar-refractivity contribution in [3.8, 4) is 0 Å². The Morgan fingerprint density at radius 2 is 1.71 bits per heavy atom. The van der Waals surface area contributed by atoms with Crippen molar-refractivity contribution in [3.05, 3.63) is 36.1 Å². The van der Waals surface area contributed by atoms with Gasteiger partial charge in [0.2, 0.25) is 5.91 Å². The minimum atomic E-state index is -0.372. The number of carbonyl (C=O) groups excluding carboxylic acids is 1. The van der Waals surface area contributed by atoms with Crippen molar-refractivity contribution in [1.82, 2.24) is 5.32 Å². The monoisotopic (exact) mass is 237 g/mol. The van der Waals surface area contributed by atoms with E-state index in [-0.39, 0.29) is 11.3 Å². The maximum atomic E-state index is 11.7. The number of amides is 1. The summed E-state index contributed by atoms with van der Waals surface area (Å²) >= 11 is 0. The average molecular weight is 237 g/mol. The van der Waals surface area contributed by atoms with Gasteiger partial charge in [-0.2, -0.15) is 0 Å². The zero-order chi connectivity index (χ0) is 14.1. The molecule has 0 spiro atoms. The van der Waals surface area contributed by atoms with Gasteiger partial charge in [-0.15, -0.1) is 0 Å². The fraction of sp³-hybridized carbons (Fsp3) is 0.533. The van der Waals surface area contributed by atoms with E-state index in [4.69, 9.17) is 0 Å². The third-order valence-electron chi connectivity index (χ3n) is 2.01. The standard InChI is InChI=1S/C13H21NO.C2H6/c1-7-9-10(3)11(8-2)14-12(15)13(4,5)6;1-2/h7-9H,1H2,2-6H3,(H,14,15);1-2H3/b10-9-,11-8+;. The fourth-order valence-electron chi connectivity index (χ4n) is 0.975. The molecular weight excluding hydrogens is 210 g/mol. The summed E-state index contributed by atoms with van der Waals surface area (Å²) < 4.78 is 0. The molecule has 0 atom stereocenters. The maximum absolute atomic E-state index is 11.7. The molecule has 2 heteroatoms. The predicted octanol–water partition coefficient (Wildman–Crippen LogP) is 4.21. The van der Waals surface area contributed by atoms with Crippen LogP contribution < -0.4 is 5.32 Å². The van der Waals surface area contributed by atoms with E-state index in [0.717, 1.165) is 11.3 Å². The Bertz CT molecular complexity index is 303. The fourth-order valence-corrected chi connectivity index (χ4v) is 0.975. The lowest BCUT2D eigenvalue weighted by Gasteiger charge is -2.19. The highest BCUT2D eigenvalue weighted by Gasteiger charge is 2.21. The number of hydrogen-bond acceptors (Lipinski definition) is 1. The van der Waals surface area contributed by atoms with Crippen LogP contribution in [0.4, 0.5) is 0 Å². The molecule has 0 fully saturated rings. The van der Waals surface area contributed by atoms with Crippen LogP contribution in [0.2, 0.25) is 0 Å². The Labute approximate surface area is 106 Å². The highest BCUT2D eigenvalue weighted by Crippen LogP contribution is 2.15. The Morgan fingerprint density at radius 1 is 1.24 bits per heavy atom. The van der Waals surface area contributed by atoms with E-state index >= 15 is 0 Å². The average Bonchev–Trinajstić information content (AvgIpc) is 2.27. The minimum Gasteiger partial charge on any atom is -0.326 e. The summed E-state index contributed by atoms with van der Waals surface area (Å²) in [7, 11) is 0. The first-order valence-corrected chi connectivity index (χ1v) is 6.10. The largest absolute Gasteiger partial charge is 0.326 e. The van der Waals surface area contributed by atoms with Gasteiger partial charge >= 0.3 is 0 Å². The summed E-state index contributed by atoms with van der Waals surface area (Å²) in [5.41, 5.74) is 1.47. The van der Waals surface area contributed by atoms with Crippen LogP contribution in [0.3, 0.4) is 0 Å². The maximum Gasteiger partial charge on any atom is 0.229 e. The summed E-state index contributed by atoms with van der Waals surface area (Å²) in [4.78, 5) is 11.7. The van der Waals surface area contributed by atoms with E-state index in [1.165, 1.54) is 0 Å². The Hall–Kier alpha value is -1.31. The molecule has 0 radical (unpaired) electrons. The van der Waals surface area contributed by atoms with E-state index in [0.29, 0.717) is 0 Å². The number of allylic oxidation sites excluding steroid dienone is 4. The van der Waals surface area contributed by atoms with Crippen molar-refractivity contribution in [3.63, 3.8) is 0 Å². The quantitative estimate of drug-likeness (QED) is 0.732. The molecule has 0 rings (SSSR count). The van der Waals surface area contributed by atoms with E-state index in [2.05, 4.69) is 11.9 Å². The topological polar surface area (TPSA) is 29.1 Å². The van der Waals surface area contributed by atoms with Crippen molar-refractivity contribution >= 4 is 5.91 Å². The normalized spacial score (nSPS) is 12.4. The van der Waals surface area contributed by atoms with Crippen molar-refractivity contribution in [2.75, 3.05) is 0 Å². The molecule has 98 valence electrons. The van der Waals surface area contributed by atoms with Crippen LogP contribution in [0.1, 0.15) is 48.5 Å². The highest BCUT2D eigenvalue weighted by atomic mass is 16.2. The minimum absolute atomic E-state index is 0.0208. The lowest BCUT2D eigenvalue weighted by molar-refractivity contribution is -0.127. The molecule has 0 aliphatic heterocycles. The van der Waals surface area contributed by atoms with Gasteiger partial charge in [-0.05, 0) is 19.4 Å². The van der Waals surface area contributed by atoms with Gasteiger partial charge in [-0.25, -0.2) is 0 Å². The molecule has 0 saturated heterocycles. The summed E-state index contributed by atoms with van der Waals surface area (Å²) in [6, 6.07) is 0. The first kappa shape index (κ1) is 18.1. The summed E-state index contributed by atoms with van der Waals surface area (Å²) in [5, 5.41) is 2.90. The van der Waals surface area contributed by atoms with Crippen LogP contribution in [0.25, 0.3) is 0 Å². The lowest BCUT2D eigenvalue weighted by atomic mass is 9.95. The van der Waals surface area contributed by atoms with Gasteiger partial charge in [-0.3, -0.25) is 4.79 Å². The van der Waals surface area contributed by atoms with E-state index in [1.807, 2.05) is 60.6 Å². The number of rotatable bonds is 3. The SMILES string of the molecule is C=C/C=C(C)\C(=C/C)NC(=O)C(C)(C)C.CC. The van der Waals surface area contributed by atoms with Gasteiger partial charge in [0.1, 0.15) is 0 Å². The second-order valence-electron chi connectivity index (χ2n) is 4.49. The van der Waals surface area contributed by atoms with Crippen LogP contribution in [-0.4, -0.2) is 5.91 Å². The first-order valence-electron chi connectivity index (χ1n) is 6.10. The van der Waals surface area contributed by atoms with E-state index in [9.17, 15) is 4.79 Å². The third-order valence-corrected chi connectivity index (χ3v) is 2.01. The van der Waals surface area contributed by atoms with Crippen LogP contribution >= 0.6 is 0 Å². The Balaban J connectivity index is 0. The molecular formula is C15H27NO. The number of carbonyl (C=O) groups is 1. The van der Waals surface area contributed by atoms with Crippen LogP contribution in [0.5, 0.6) is 0 Å². The van der Waals surface area contributed by atoms with Gasteiger partial charge in [0.05, 0.1) is 0 Å². The van der Waals surface area contributed by atoms with Crippen LogP contribution in [0.15, 0.2) is 36.1 Å². The summed E-state index contributed by atoms with van der Waals surface area (Å²) in [5.74, 6) is 0.0208. The van der Waals surface area contributed by atoms with Crippen molar-refractivity contribution in [2.24, 2.45) is 5.41 Å². The number of hydrogen-bond donors (Lipinski definition) is 1. The van der Waals surface area contributed by atoms with Crippen molar-refractivity contribution in [1.29, 1.82) is 0 Å². The molecule has 0 aromatic heterocycles. The zero-order valence-electron chi connectivity index (χ0n) is 12.3. The van der Waals surface area contributed by atoms with Gasteiger partial charge < -0.3 is 5.32 Å². The predicted molar refractivity (Wildman–Crippen MR) is 76.7 cm³/mol. The van der Waals surface area contributed by atoms with Crippen molar-refractivity contribution in [2.45, 2.75) is 48.5 Å². The van der Waals surface area contributed by atoms with Gasteiger partial charge in [-0.1, -0.05) is 59.4 Å². The third kappa shape index (κ3) is 7.56.